The summed E-state index contributed by atoms with van der Waals surface area (Å²) in [6.45, 7) is 4.79. The van der Waals surface area contributed by atoms with E-state index in [0.29, 0.717) is 10.9 Å². The average molecular weight is 313 g/mol. The lowest BCUT2D eigenvalue weighted by atomic mass is 10.00. The second kappa shape index (κ2) is 7.91. The summed E-state index contributed by atoms with van der Waals surface area (Å²) in [5, 5.41) is 6.98. The van der Waals surface area contributed by atoms with Crippen LogP contribution in [-0.2, 0) is 4.79 Å². The van der Waals surface area contributed by atoms with Crippen LogP contribution in [0.25, 0.3) is 0 Å². The summed E-state index contributed by atoms with van der Waals surface area (Å²) in [7, 11) is 0. The van der Waals surface area contributed by atoms with E-state index in [1.807, 2.05) is 31.2 Å². The van der Waals surface area contributed by atoms with Crippen LogP contribution in [0.1, 0.15) is 19.8 Å². The predicted octanol–water partition coefficient (Wildman–Crippen LogP) is 2.94. The number of halogens is 1. The molecule has 0 radical (unpaired) electrons. The number of carbonyl (C=O) groups is 1. The molecule has 20 heavy (non-hydrogen) atoms. The van der Waals surface area contributed by atoms with E-state index >= 15 is 0 Å². The van der Waals surface area contributed by atoms with Crippen molar-refractivity contribution < 1.29 is 4.79 Å². The first-order chi connectivity index (χ1) is 9.66. The largest absolute Gasteiger partial charge is 0.355 e. The number of thioether (sulfide) groups is 1. The third-order valence-corrected chi connectivity index (χ3v) is 5.09. The summed E-state index contributed by atoms with van der Waals surface area (Å²) in [4.78, 5) is 13.1. The summed E-state index contributed by atoms with van der Waals surface area (Å²) < 4.78 is 0. The van der Waals surface area contributed by atoms with Crippen molar-refractivity contribution in [2.24, 2.45) is 5.92 Å². The molecule has 1 fully saturated rings. The van der Waals surface area contributed by atoms with Crippen molar-refractivity contribution in [2.45, 2.75) is 29.9 Å². The molecule has 2 atom stereocenters. The number of piperidine rings is 1. The lowest BCUT2D eigenvalue weighted by Crippen LogP contribution is -2.40. The van der Waals surface area contributed by atoms with E-state index in [-0.39, 0.29) is 11.2 Å². The first kappa shape index (κ1) is 15.7. The van der Waals surface area contributed by atoms with Crippen LogP contribution < -0.4 is 10.6 Å². The van der Waals surface area contributed by atoms with E-state index in [0.717, 1.165) is 24.5 Å². The van der Waals surface area contributed by atoms with Gasteiger partial charge in [-0.2, -0.15) is 0 Å². The molecule has 110 valence electrons. The molecular formula is C15H21ClN2OS. The van der Waals surface area contributed by atoms with Crippen molar-refractivity contribution in [1.29, 1.82) is 0 Å². The molecule has 5 heteroatoms. The molecule has 0 aliphatic carbocycles. The normalized spacial score (nSPS) is 20.4. The maximum atomic E-state index is 12.1. The van der Waals surface area contributed by atoms with Gasteiger partial charge in [-0.15, -0.1) is 11.8 Å². The van der Waals surface area contributed by atoms with E-state index < -0.39 is 0 Å². The van der Waals surface area contributed by atoms with Crippen LogP contribution in [0.5, 0.6) is 0 Å². The third-order valence-electron chi connectivity index (χ3n) is 3.47. The first-order valence-corrected chi connectivity index (χ1v) is 8.32. The van der Waals surface area contributed by atoms with E-state index in [1.165, 1.54) is 24.6 Å². The monoisotopic (exact) mass is 312 g/mol. The Kier molecular flexibility index (Phi) is 6.20. The fourth-order valence-corrected chi connectivity index (χ4v) is 3.45. The van der Waals surface area contributed by atoms with Crippen LogP contribution in [0.3, 0.4) is 0 Å². The molecule has 2 N–H and O–H groups in total. The highest BCUT2D eigenvalue weighted by molar-refractivity contribution is 8.00. The lowest BCUT2D eigenvalue weighted by Gasteiger charge is -2.23. The second-order valence-corrected chi connectivity index (χ2v) is 6.94. The van der Waals surface area contributed by atoms with Gasteiger partial charge in [0.05, 0.1) is 10.3 Å². The molecule has 0 spiro atoms. The van der Waals surface area contributed by atoms with Gasteiger partial charge in [0, 0.05) is 11.4 Å². The Hall–Kier alpha value is -0.710. The van der Waals surface area contributed by atoms with Crippen LogP contribution in [0.15, 0.2) is 29.2 Å². The fourth-order valence-electron chi connectivity index (χ4n) is 2.27. The zero-order chi connectivity index (χ0) is 14.4. The molecule has 0 aromatic heterocycles. The molecular weight excluding hydrogens is 292 g/mol. The summed E-state index contributed by atoms with van der Waals surface area (Å²) in [6.07, 6.45) is 2.39. The average Bonchev–Trinajstić information content (AvgIpc) is 2.48. The molecule has 1 amide bonds. The van der Waals surface area contributed by atoms with Crippen LogP contribution in [-0.4, -0.2) is 30.8 Å². The van der Waals surface area contributed by atoms with Crippen LogP contribution in [0, 0.1) is 5.92 Å². The highest BCUT2D eigenvalue weighted by Crippen LogP contribution is 2.29. The minimum atomic E-state index is -0.133. The Morgan fingerprint density at radius 1 is 1.55 bits per heavy atom. The molecule has 1 aliphatic heterocycles. The Labute approximate surface area is 129 Å². The fraction of sp³-hybridized carbons (Fsp3) is 0.533. The van der Waals surface area contributed by atoms with Gasteiger partial charge in [0.2, 0.25) is 5.91 Å². The minimum absolute atomic E-state index is 0.0838. The van der Waals surface area contributed by atoms with E-state index in [4.69, 9.17) is 11.6 Å². The van der Waals surface area contributed by atoms with E-state index in [9.17, 15) is 4.79 Å². The highest BCUT2D eigenvalue weighted by Gasteiger charge is 2.18. The number of rotatable bonds is 5. The zero-order valence-corrected chi connectivity index (χ0v) is 13.3. The van der Waals surface area contributed by atoms with Gasteiger partial charge in [0.1, 0.15) is 0 Å². The molecule has 0 saturated carbocycles. The molecule has 1 aliphatic rings. The Balaban J connectivity index is 1.78. The summed E-state index contributed by atoms with van der Waals surface area (Å²) in [5.41, 5.74) is 0. The quantitative estimate of drug-likeness (QED) is 0.821. The van der Waals surface area contributed by atoms with Crippen molar-refractivity contribution in [1.82, 2.24) is 10.6 Å². The highest BCUT2D eigenvalue weighted by atomic mass is 35.5. The maximum Gasteiger partial charge on any atom is 0.233 e. The molecule has 2 rings (SSSR count). The Bertz CT molecular complexity index is 449. The van der Waals surface area contributed by atoms with Crippen LogP contribution in [0.2, 0.25) is 5.02 Å². The number of benzene rings is 1. The lowest BCUT2D eigenvalue weighted by molar-refractivity contribution is -0.120. The number of hydrogen-bond donors (Lipinski definition) is 2. The van der Waals surface area contributed by atoms with Crippen molar-refractivity contribution in [3.8, 4) is 0 Å². The second-order valence-electron chi connectivity index (χ2n) is 5.15. The smallest absolute Gasteiger partial charge is 0.233 e. The SMILES string of the molecule is CC(Sc1ccccc1Cl)C(=O)NCC1CCCNC1. The van der Waals surface area contributed by atoms with Crippen molar-refractivity contribution in [2.75, 3.05) is 19.6 Å². The van der Waals surface area contributed by atoms with Gasteiger partial charge in [-0.1, -0.05) is 23.7 Å². The molecule has 3 nitrogen and oxygen atoms in total. The molecule has 1 saturated heterocycles. The topological polar surface area (TPSA) is 41.1 Å². The maximum absolute atomic E-state index is 12.1. The van der Waals surface area contributed by atoms with Crippen molar-refractivity contribution in [3.63, 3.8) is 0 Å². The summed E-state index contributed by atoms with van der Waals surface area (Å²) in [5.74, 6) is 0.644. The number of nitrogens with one attached hydrogen (secondary N) is 2. The van der Waals surface area contributed by atoms with Gasteiger partial charge in [-0.05, 0) is 50.9 Å². The van der Waals surface area contributed by atoms with Gasteiger partial charge in [-0.25, -0.2) is 0 Å². The first-order valence-electron chi connectivity index (χ1n) is 7.06. The Morgan fingerprint density at radius 3 is 3.05 bits per heavy atom. The Morgan fingerprint density at radius 2 is 2.35 bits per heavy atom. The molecule has 2 unspecified atom stereocenters. The molecule has 0 bridgehead atoms. The summed E-state index contributed by atoms with van der Waals surface area (Å²) >= 11 is 7.62. The zero-order valence-electron chi connectivity index (χ0n) is 11.7. The minimum Gasteiger partial charge on any atom is -0.355 e. The summed E-state index contributed by atoms with van der Waals surface area (Å²) in [6, 6.07) is 7.63. The van der Waals surface area contributed by atoms with Gasteiger partial charge >= 0.3 is 0 Å². The van der Waals surface area contributed by atoms with Crippen molar-refractivity contribution in [3.05, 3.63) is 29.3 Å². The van der Waals surface area contributed by atoms with Crippen LogP contribution >= 0.6 is 23.4 Å². The third kappa shape index (κ3) is 4.69. The number of amides is 1. The standard InChI is InChI=1S/C15H21ClN2OS/c1-11(20-14-7-3-2-6-13(14)16)15(19)18-10-12-5-4-8-17-9-12/h2-3,6-7,11-12,17H,4-5,8-10H2,1H3,(H,18,19). The number of hydrogen-bond acceptors (Lipinski definition) is 3. The molecule has 1 heterocycles. The van der Waals surface area contributed by atoms with Gasteiger partial charge in [0.15, 0.2) is 0 Å². The van der Waals surface area contributed by atoms with E-state index in [2.05, 4.69) is 10.6 Å². The van der Waals surface area contributed by atoms with Crippen LogP contribution in [0.4, 0.5) is 0 Å². The van der Waals surface area contributed by atoms with Gasteiger partial charge in [-0.3, -0.25) is 4.79 Å². The van der Waals surface area contributed by atoms with Gasteiger partial charge in [0.25, 0.3) is 0 Å². The molecule has 1 aromatic carbocycles. The predicted molar refractivity (Wildman–Crippen MR) is 85.4 cm³/mol. The van der Waals surface area contributed by atoms with Gasteiger partial charge < -0.3 is 10.6 Å². The number of carbonyl (C=O) groups excluding carboxylic acids is 1. The van der Waals surface area contributed by atoms with Crippen molar-refractivity contribution >= 4 is 29.3 Å². The molecule has 1 aromatic rings. The van der Waals surface area contributed by atoms with E-state index in [1.54, 1.807) is 0 Å².